The van der Waals surface area contributed by atoms with E-state index in [1.54, 1.807) is 26.2 Å². The van der Waals surface area contributed by atoms with Gasteiger partial charge in [0.05, 0.1) is 13.7 Å². The first-order chi connectivity index (χ1) is 12.5. The topological polar surface area (TPSA) is 57.5 Å². The molecule has 2 aromatic carbocycles. The molecule has 0 aliphatic rings. The average molecular weight is 351 g/mol. The highest BCUT2D eigenvalue weighted by Crippen LogP contribution is 2.29. The van der Waals surface area contributed by atoms with Gasteiger partial charge in [0.2, 0.25) is 0 Å². The third-order valence-corrected chi connectivity index (χ3v) is 4.52. The second kappa shape index (κ2) is 7.04. The molecule has 0 aliphatic heterocycles. The zero-order chi connectivity index (χ0) is 18.8. The third-order valence-electron chi connectivity index (χ3n) is 4.52. The van der Waals surface area contributed by atoms with Crippen LogP contribution in [0.15, 0.2) is 47.3 Å². The first-order valence-electron chi connectivity index (χ1n) is 8.45. The zero-order valence-corrected chi connectivity index (χ0v) is 15.3. The van der Waals surface area contributed by atoms with Crippen LogP contribution >= 0.6 is 0 Å². The van der Waals surface area contributed by atoms with Crippen molar-refractivity contribution in [3.05, 3.63) is 69.6 Å². The predicted octanol–water partition coefficient (Wildman–Crippen LogP) is 3.79. The first kappa shape index (κ1) is 17.7. The van der Waals surface area contributed by atoms with Crippen molar-refractivity contribution in [2.75, 3.05) is 13.7 Å². The van der Waals surface area contributed by atoms with Crippen LogP contribution in [0.5, 0.6) is 5.75 Å². The van der Waals surface area contributed by atoms with E-state index >= 15 is 0 Å². The molecule has 0 bridgehead atoms. The Bertz CT molecular complexity index is 1030. The molecule has 0 unspecified atom stereocenters. The van der Waals surface area contributed by atoms with Crippen molar-refractivity contribution >= 4 is 16.7 Å². The van der Waals surface area contributed by atoms with Crippen LogP contribution in [0.1, 0.15) is 28.7 Å². The molecular weight excluding hydrogens is 330 g/mol. The SMILES string of the molecule is CCOC(=O)c1cc2c(C)n(-c3ccc(OC)cc3)c(C)c2ccc1=O. The van der Waals surface area contributed by atoms with Crippen molar-refractivity contribution in [3.63, 3.8) is 0 Å². The molecule has 1 aromatic heterocycles. The van der Waals surface area contributed by atoms with Gasteiger partial charge in [-0.2, -0.15) is 0 Å². The Balaban J connectivity index is 2.26. The molecule has 5 heteroatoms. The molecule has 0 spiro atoms. The monoisotopic (exact) mass is 351 g/mol. The van der Waals surface area contributed by atoms with Crippen molar-refractivity contribution in [1.29, 1.82) is 0 Å². The molecule has 0 saturated heterocycles. The highest BCUT2D eigenvalue weighted by molar-refractivity contribution is 5.96. The summed E-state index contributed by atoms with van der Waals surface area (Å²) in [5, 5.41) is 1.77. The first-order valence-corrected chi connectivity index (χ1v) is 8.45. The maximum absolute atomic E-state index is 12.3. The Kier molecular flexibility index (Phi) is 4.80. The van der Waals surface area contributed by atoms with E-state index in [-0.39, 0.29) is 17.6 Å². The van der Waals surface area contributed by atoms with Crippen molar-refractivity contribution in [2.45, 2.75) is 20.8 Å². The minimum Gasteiger partial charge on any atom is -0.497 e. The standard InChI is InChI=1S/C21H21NO4/c1-5-26-21(24)19-12-18-14(3)22(13(2)17(18)10-11-20(19)23)15-6-8-16(25-4)9-7-15/h6-12H,5H2,1-4H3. The van der Waals surface area contributed by atoms with Crippen LogP contribution in [0, 0.1) is 13.8 Å². The van der Waals surface area contributed by atoms with Crippen molar-refractivity contribution in [3.8, 4) is 11.4 Å². The molecule has 0 aliphatic carbocycles. The second-order valence-corrected chi connectivity index (χ2v) is 6.01. The smallest absolute Gasteiger partial charge is 0.342 e. The van der Waals surface area contributed by atoms with E-state index in [9.17, 15) is 9.59 Å². The van der Waals surface area contributed by atoms with Gasteiger partial charge in [0.15, 0.2) is 5.43 Å². The van der Waals surface area contributed by atoms with Gasteiger partial charge >= 0.3 is 5.97 Å². The maximum Gasteiger partial charge on any atom is 0.342 e. The quantitative estimate of drug-likeness (QED) is 0.671. The summed E-state index contributed by atoms with van der Waals surface area (Å²) in [5.41, 5.74) is 2.64. The number of nitrogens with zero attached hydrogens (tertiary/aromatic N) is 1. The molecule has 0 fully saturated rings. The van der Waals surface area contributed by atoms with Crippen molar-refractivity contribution < 1.29 is 14.3 Å². The number of aromatic nitrogens is 1. The molecule has 3 rings (SSSR count). The molecule has 5 nitrogen and oxygen atoms in total. The minimum absolute atomic E-state index is 0.0526. The maximum atomic E-state index is 12.3. The van der Waals surface area contributed by atoms with Gasteiger partial charge < -0.3 is 14.0 Å². The van der Waals surface area contributed by atoms with Gasteiger partial charge in [0.25, 0.3) is 0 Å². The summed E-state index contributed by atoms with van der Waals surface area (Å²) in [4.78, 5) is 24.4. The zero-order valence-electron chi connectivity index (χ0n) is 15.3. The highest BCUT2D eigenvalue weighted by atomic mass is 16.5. The van der Waals surface area contributed by atoms with Crippen LogP contribution in [-0.2, 0) is 4.74 Å². The lowest BCUT2D eigenvalue weighted by Gasteiger charge is -2.10. The van der Waals surface area contributed by atoms with Gasteiger partial charge in [-0.1, -0.05) is 0 Å². The van der Waals surface area contributed by atoms with Gasteiger partial charge in [0.1, 0.15) is 11.3 Å². The number of benzene rings is 1. The lowest BCUT2D eigenvalue weighted by Crippen LogP contribution is -2.14. The van der Waals surface area contributed by atoms with E-state index in [0.29, 0.717) is 0 Å². The Morgan fingerprint density at radius 2 is 1.65 bits per heavy atom. The Hall–Kier alpha value is -3.08. The van der Waals surface area contributed by atoms with E-state index in [4.69, 9.17) is 9.47 Å². The lowest BCUT2D eigenvalue weighted by atomic mass is 10.2. The van der Waals surface area contributed by atoms with Crippen LogP contribution in [0.25, 0.3) is 16.5 Å². The summed E-state index contributed by atoms with van der Waals surface area (Å²) < 4.78 is 12.3. The molecule has 0 radical (unpaired) electrons. The third kappa shape index (κ3) is 2.96. The number of ether oxygens (including phenoxy) is 2. The summed E-state index contributed by atoms with van der Waals surface area (Å²) >= 11 is 0. The average Bonchev–Trinajstić information content (AvgIpc) is 2.77. The van der Waals surface area contributed by atoms with Gasteiger partial charge in [0, 0.05) is 27.8 Å². The van der Waals surface area contributed by atoms with Gasteiger partial charge in [-0.3, -0.25) is 4.79 Å². The number of methoxy groups -OCH3 is 1. The Morgan fingerprint density at radius 1 is 1.00 bits per heavy atom. The van der Waals surface area contributed by atoms with E-state index < -0.39 is 5.97 Å². The van der Waals surface area contributed by atoms with Gasteiger partial charge in [-0.15, -0.1) is 0 Å². The van der Waals surface area contributed by atoms with E-state index in [1.165, 1.54) is 6.07 Å². The van der Waals surface area contributed by atoms with Crippen LogP contribution in [0.3, 0.4) is 0 Å². The fourth-order valence-corrected chi connectivity index (χ4v) is 3.23. The molecule has 26 heavy (non-hydrogen) atoms. The number of fused-ring (bicyclic) bond motifs is 1. The summed E-state index contributed by atoms with van der Waals surface area (Å²) in [6, 6.07) is 12.6. The van der Waals surface area contributed by atoms with Gasteiger partial charge in [-0.05, 0) is 63.2 Å². The fourth-order valence-electron chi connectivity index (χ4n) is 3.23. The predicted molar refractivity (Wildman–Crippen MR) is 102 cm³/mol. The summed E-state index contributed by atoms with van der Waals surface area (Å²) in [7, 11) is 1.63. The molecule has 0 atom stereocenters. The van der Waals surface area contributed by atoms with Crippen LogP contribution in [0.4, 0.5) is 0 Å². The Morgan fingerprint density at radius 3 is 2.27 bits per heavy atom. The summed E-state index contributed by atoms with van der Waals surface area (Å²) in [6.07, 6.45) is 0. The number of aryl methyl sites for hydroxylation is 2. The largest absolute Gasteiger partial charge is 0.497 e. The van der Waals surface area contributed by atoms with Crippen molar-refractivity contribution in [1.82, 2.24) is 4.57 Å². The van der Waals surface area contributed by atoms with Crippen LogP contribution < -0.4 is 10.2 Å². The normalized spacial score (nSPS) is 10.8. The summed E-state index contributed by atoms with van der Waals surface area (Å²) in [5.74, 6) is 0.192. The number of esters is 1. The fraction of sp³-hybridized carbons (Fsp3) is 0.238. The number of hydrogen-bond acceptors (Lipinski definition) is 4. The molecule has 0 N–H and O–H groups in total. The highest BCUT2D eigenvalue weighted by Gasteiger charge is 2.16. The molecular formula is C21H21NO4. The minimum atomic E-state index is -0.593. The number of carbonyl (C=O) groups is 1. The van der Waals surface area contributed by atoms with Crippen LogP contribution in [-0.4, -0.2) is 24.3 Å². The number of rotatable bonds is 4. The van der Waals surface area contributed by atoms with Gasteiger partial charge in [-0.25, -0.2) is 4.79 Å². The molecule has 3 aromatic rings. The molecule has 0 saturated carbocycles. The van der Waals surface area contributed by atoms with E-state index in [1.807, 2.05) is 38.1 Å². The van der Waals surface area contributed by atoms with Crippen molar-refractivity contribution in [2.24, 2.45) is 0 Å². The van der Waals surface area contributed by atoms with E-state index in [0.717, 1.165) is 33.6 Å². The number of carbonyl (C=O) groups excluding carboxylic acids is 1. The van der Waals surface area contributed by atoms with Crippen LogP contribution in [0.2, 0.25) is 0 Å². The molecule has 134 valence electrons. The molecule has 0 amide bonds. The number of hydrogen-bond donors (Lipinski definition) is 0. The molecule has 1 heterocycles. The van der Waals surface area contributed by atoms with E-state index in [2.05, 4.69) is 4.57 Å². The Labute approximate surface area is 151 Å². The lowest BCUT2D eigenvalue weighted by molar-refractivity contribution is 0.0525. The summed E-state index contributed by atoms with van der Waals surface area (Å²) in [6.45, 7) is 5.91. The second-order valence-electron chi connectivity index (χ2n) is 6.01.